The number of halogens is 1. The van der Waals surface area contributed by atoms with Gasteiger partial charge in [0, 0.05) is 26.2 Å². The van der Waals surface area contributed by atoms with Crippen molar-refractivity contribution < 1.29 is 9.59 Å². The Morgan fingerprint density at radius 2 is 1.68 bits per heavy atom. The van der Waals surface area contributed by atoms with Gasteiger partial charge >= 0.3 is 0 Å². The van der Waals surface area contributed by atoms with Crippen LogP contribution in [0, 0.1) is 5.92 Å². The normalized spacial score (nSPS) is 16.1. The topological polar surface area (TPSA) is 52.6 Å². The molecule has 1 fully saturated rings. The van der Waals surface area contributed by atoms with Gasteiger partial charge in [0.1, 0.15) is 0 Å². The van der Waals surface area contributed by atoms with Crippen LogP contribution in [0.25, 0.3) is 0 Å². The molecule has 3 rings (SSSR count). The summed E-state index contributed by atoms with van der Waals surface area (Å²) in [4.78, 5) is 30.4. The van der Waals surface area contributed by atoms with Gasteiger partial charge < -0.3 is 15.1 Å². The number of rotatable bonds is 7. The molecular weight excluding hydrogens is 410 g/mol. The minimum atomic E-state index is -0.410. The molecule has 5 nitrogen and oxygen atoms in total. The van der Waals surface area contributed by atoms with E-state index in [1.54, 1.807) is 24.3 Å². The molecule has 1 aliphatic heterocycles. The number of nitrogens with zero attached hydrogens (tertiary/aromatic N) is 2. The molecule has 166 valence electrons. The molecule has 0 spiro atoms. The molecule has 1 aliphatic rings. The van der Waals surface area contributed by atoms with Crippen molar-refractivity contribution in [2.24, 2.45) is 5.92 Å². The van der Waals surface area contributed by atoms with Gasteiger partial charge in [0.05, 0.1) is 23.0 Å². The highest BCUT2D eigenvalue weighted by molar-refractivity contribution is 6.33. The highest BCUT2D eigenvalue weighted by Crippen LogP contribution is 2.21. The molecule has 2 aromatic carbocycles. The van der Waals surface area contributed by atoms with Crippen LogP contribution in [0.3, 0.4) is 0 Å². The molecule has 0 saturated carbocycles. The number of hydrogen-bond donors (Lipinski definition) is 1. The summed E-state index contributed by atoms with van der Waals surface area (Å²) < 4.78 is 0. The summed E-state index contributed by atoms with van der Waals surface area (Å²) >= 11 is 6.20. The summed E-state index contributed by atoms with van der Waals surface area (Å²) in [6, 6.07) is 16.2. The van der Waals surface area contributed by atoms with Crippen LogP contribution in [-0.4, -0.2) is 54.3 Å². The summed E-state index contributed by atoms with van der Waals surface area (Å²) in [6.07, 6.45) is 1.20. The minimum absolute atomic E-state index is 0.0692. The third-order valence-electron chi connectivity index (χ3n) is 5.57. The average molecular weight is 442 g/mol. The van der Waals surface area contributed by atoms with E-state index >= 15 is 0 Å². The van der Waals surface area contributed by atoms with Crippen molar-refractivity contribution in [3.05, 3.63) is 70.7 Å². The summed E-state index contributed by atoms with van der Waals surface area (Å²) in [6.45, 7) is 8.90. The maximum Gasteiger partial charge on any atom is 0.253 e. The van der Waals surface area contributed by atoms with Crippen LogP contribution in [0.15, 0.2) is 54.6 Å². The van der Waals surface area contributed by atoms with Crippen molar-refractivity contribution in [3.8, 4) is 0 Å². The van der Waals surface area contributed by atoms with Gasteiger partial charge in [-0.25, -0.2) is 0 Å². The zero-order valence-electron chi connectivity index (χ0n) is 18.4. The maximum atomic E-state index is 13.2. The first-order chi connectivity index (χ1) is 14.9. The molecule has 6 heteroatoms. The molecule has 2 amide bonds. The molecule has 0 radical (unpaired) electrons. The second-order valence-corrected chi connectivity index (χ2v) is 8.96. The maximum absolute atomic E-state index is 13.2. The van der Waals surface area contributed by atoms with E-state index in [0.29, 0.717) is 16.5 Å². The predicted molar refractivity (Wildman–Crippen MR) is 125 cm³/mol. The summed E-state index contributed by atoms with van der Waals surface area (Å²) in [7, 11) is 0. The van der Waals surface area contributed by atoms with E-state index in [1.165, 1.54) is 0 Å². The smallest absolute Gasteiger partial charge is 0.253 e. The van der Waals surface area contributed by atoms with Crippen LogP contribution < -0.4 is 5.32 Å². The fourth-order valence-corrected chi connectivity index (χ4v) is 4.26. The highest BCUT2D eigenvalue weighted by Gasteiger charge is 2.25. The van der Waals surface area contributed by atoms with Crippen molar-refractivity contribution in [1.82, 2.24) is 15.1 Å². The van der Waals surface area contributed by atoms with E-state index in [1.807, 2.05) is 35.2 Å². The van der Waals surface area contributed by atoms with Crippen molar-refractivity contribution in [2.75, 3.05) is 32.7 Å². The minimum Gasteiger partial charge on any atom is -0.345 e. The van der Waals surface area contributed by atoms with Crippen LogP contribution in [-0.2, 0) is 4.79 Å². The first-order valence-corrected chi connectivity index (χ1v) is 11.4. The van der Waals surface area contributed by atoms with Crippen LogP contribution in [0.2, 0.25) is 5.02 Å². The summed E-state index contributed by atoms with van der Waals surface area (Å²) in [5.74, 6) is 0.413. The fraction of sp³-hybridized carbons (Fsp3) is 0.440. The Labute approximate surface area is 190 Å². The molecule has 0 bridgehead atoms. The molecule has 0 aliphatic carbocycles. The molecule has 0 aromatic heterocycles. The Morgan fingerprint density at radius 1 is 0.968 bits per heavy atom. The third kappa shape index (κ3) is 6.81. The lowest BCUT2D eigenvalue weighted by atomic mass is 10.0. The number of amides is 2. The lowest BCUT2D eigenvalue weighted by Gasteiger charge is -2.26. The average Bonchev–Trinajstić information content (AvgIpc) is 2.99. The Hall–Kier alpha value is -2.37. The number of hydrogen-bond acceptors (Lipinski definition) is 3. The second-order valence-electron chi connectivity index (χ2n) is 8.55. The number of nitrogens with one attached hydrogen (secondary N) is 1. The Balaban J connectivity index is 1.69. The number of carbonyl (C=O) groups excluding carboxylic acids is 2. The lowest BCUT2D eigenvalue weighted by molar-refractivity contribution is -0.131. The zero-order chi connectivity index (χ0) is 22.2. The van der Waals surface area contributed by atoms with Gasteiger partial charge in [0.15, 0.2) is 0 Å². The number of benzene rings is 2. The third-order valence-corrected chi connectivity index (χ3v) is 5.90. The van der Waals surface area contributed by atoms with Gasteiger partial charge in [-0.15, -0.1) is 0 Å². The van der Waals surface area contributed by atoms with E-state index in [9.17, 15) is 9.59 Å². The Kier molecular flexibility index (Phi) is 8.50. The molecule has 1 saturated heterocycles. The summed E-state index contributed by atoms with van der Waals surface area (Å²) in [5, 5.41) is 3.43. The monoisotopic (exact) mass is 441 g/mol. The van der Waals surface area contributed by atoms with Gasteiger partial charge in [0.2, 0.25) is 5.91 Å². The van der Waals surface area contributed by atoms with E-state index < -0.39 is 6.04 Å². The van der Waals surface area contributed by atoms with Crippen LogP contribution in [0.5, 0.6) is 0 Å². The zero-order valence-corrected chi connectivity index (χ0v) is 19.1. The van der Waals surface area contributed by atoms with Crippen LogP contribution >= 0.6 is 11.6 Å². The Morgan fingerprint density at radius 3 is 2.39 bits per heavy atom. The van der Waals surface area contributed by atoms with Gasteiger partial charge in [-0.2, -0.15) is 0 Å². The van der Waals surface area contributed by atoms with Gasteiger partial charge in [-0.1, -0.05) is 67.9 Å². The molecule has 31 heavy (non-hydrogen) atoms. The fourth-order valence-electron chi connectivity index (χ4n) is 4.04. The van der Waals surface area contributed by atoms with Gasteiger partial charge in [-0.05, 0) is 36.6 Å². The largest absolute Gasteiger partial charge is 0.345 e. The van der Waals surface area contributed by atoms with E-state index in [2.05, 4.69) is 24.1 Å². The molecule has 1 N–H and O–H groups in total. The molecule has 1 atom stereocenters. The van der Waals surface area contributed by atoms with Gasteiger partial charge in [0.25, 0.3) is 5.91 Å². The van der Waals surface area contributed by atoms with E-state index in [4.69, 9.17) is 11.6 Å². The Bertz CT molecular complexity index is 872. The van der Waals surface area contributed by atoms with E-state index in [-0.39, 0.29) is 18.2 Å². The molecule has 0 unspecified atom stereocenters. The van der Waals surface area contributed by atoms with Crippen LogP contribution in [0.1, 0.15) is 48.7 Å². The standard InChI is InChI=1S/C25H32ClN3O2/c1-19(2)18-28-13-8-14-29(16-15-28)24(30)17-23(20-9-4-3-5-10-20)27-25(31)21-11-6-7-12-22(21)26/h3-7,9-12,19,23H,8,13-18H2,1-2H3,(H,27,31)/t23-/m0/s1. The van der Waals surface area contributed by atoms with Crippen molar-refractivity contribution in [2.45, 2.75) is 32.7 Å². The SMILES string of the molecule is CC(C)CN1CCCN(C(=O)C[C@H](NC(=O)c2ccccc2Cl)c2ccccc2)CC1. The van der Waals surface area contributed by atoms with Crippen molar-refractivity contribution in [3.63, 3.8) is 0 Å². The van der Waals surface area contributed by atoms with Crippen molar-refractivity contribution in [1.29, 1.82) is 0 Å². The quantitative estimate of drug-likeness (QED) is 0.693. The molecular formula is C25H32ClN3O2. The first-order valence-electron chi connectivity index (χ1n) is 11.0. The molecule has 1 heterocycles. The van der Waals surface area contributed by atoms with Gasteiger partial charge in [-0.3, -0.25) is 9.59 Å². The van der Waals surface area contributed by atoms with Crippen LogP contribution in [0.4, 0.5) is 0 Å². The van der Waals surface area contributed by atoms with Crippen molar-refractivity contribution >= 4 is 23.4 Å². The summed E-state index contributed by atoms with van der Waals surface area (Å²) in [5.41, 5.74) is 1.32. The first kappa shape index (κ1) is 23.3. The lowest BCUT2D eigenvalue weighted by Crippen LogP contribution is -2.39. The molecule has 2 aromatic rings. The predicted octanol–water partition coefficient (Wildman–Crippen LogP) is 4.39. The second kappa shape index (κ2) is 11.3. The van der Waals surface area contributed by atoms with E-state index in [0.717, 1.165) is 44.7 Å². The highest BCUT2D eigenvalue weighted by atomic mass is 35.5. The number of carbonyl (C=O) groups is 2.